The number of para-hydroxylation sites is 1. The molecule has 140 valence electrons. The molecule has 3 aromatic rings. The number of nitrogens with zero attached hydrogens (tertiary/aromatic N) is 1. The minimum atomic E-state index is -1.17. The lowest BCUT2D eigenvalue weighted by atomic mass is 10.1. The van der Waals surface area contributed by atoms with Crippen LogP contribution < -0.4 is 10.2 Å². The van der Waals surface area contributed by atoms with Gasteiger partial charge in [-0.25, -0.2) is 4.79 Å². The maximum atomic E-state index is 12.6. The molecule has 0 spiro atoms. The Balaban J connectivity index is 1.74. The summed E-state index contributed by atoms with van der Waals surface area (Å²) >= 11 is 0. The Labute approximate surface area is 162 Å². The molecule has 0 atom stereocenters. The van der Waals surface area contributed by atoms with E-state index in [0.717, 1.165) is 5.69 Å². The van der Waals surface area contributed by atoms with E-state index in [1.54, 1.807) is 43.4 Å². The molecule has 3 rings (SSSR count). The van der Waals surface area contributed by atoms with Gasteiger partial charge in [-0.2, -0.15) is 0 Å². The Hall–Kier alpha value is -3.93. The van der Waals surface area contributed by atoms with Crippen molar-refractivity contribution in [3.05, 3.63) is 95.6 Å². The van der Waals surface area contributed by atoms with Crippen molar-refractivity contribution < 1.29 is 19.5 Å². The van der Waals surface area contributed by atoms with Crippen molar-refractivity contribution in [2.45, 2.75) is 0 Å². The smallest absolute Gasteiger partial charge is 0.336 e. The van der Waals surface area contributed by atoms with Crippen molar-refractivity contribution >= 4 is 29.2 Å². The van der Waals surface area contributed by atoms with Gasteiger partial charge in [0, 0.05) is 24.0 Å². The van der Waals surface area contributed by atoms with Crippen LogP contribution in [0.2, 0.25) is 0 Å². The average Bonchev–Trinajstić information content (AvgIpc) is 2.73. The maximum absolute atomic E-state index is 12.6. The number of hydrogen-bond acceptors (Lipinski definition) is 3. The molecule has 0 heterocycles. The van der Waals surface area contributed by atoms with E-state index >= 15 is 0 Å². The van der Waals surface area contributed by atoms with Crippen LogP contribution in [-0.4, -0.2) is 29.9 Å². The fourth-order valence-electron chi connectivity index (χ4n) is 2.72. The lowest BCUT2D eigenvalue weighted by Gasteiger charge is -2.17. The predicted octanol–water partition coefficient (Wildman–Crippen LogP) is 3.91. The van der Waals surface area contributed by atoms with Crippen LogP contribution in [0, 0.1) is 0 Å². The number of carboxylic acid groups (broad SMARTS) is 1. The predicted molar refractivity (Wildman–Crippen MR) is 107 cm³/mol. The molecule has 0 saturated carbocycles. The fourth-order valence-corrected chi connectivity index (χ4v) is 2.72. The van der Waals surface area contributed by atoms with Crippen molar-refractivity contribution in [3.63, 3.8) is 0 Å². The van der Waals surface area contributed by atoms with E-state index in [2.05, 4.69) is 5.32 Å². The summed E-state index contributed by atoms with van der Waals surface area (Å²) in [5.41, 5.74) is 1.70. The molecular formula is C22H18N2O4. The second-order valence-corrected chi connectivity index (χ2v) is 6.08. The highest BCUT2D eigenvalue weighted by atomic mass is 16.4. The monoisotopic (exact) mass is 374 g/mol. The molecule has 0 bridgehead atoms. The topological polar surface area (TPSA) is 86.7 Å². The Morgan fingerprint density at radius 3 is 1.96 bits per heavy atom. The van der Waals surface area contributed by atoms with E-state index in [1.165, 1.54) is 17.0 Å². The van der Waals surface area contributed by atoms with Crippen LogP contribution in [0.5, 0.6) is 0 Å². The number of carbonyl (C=O) groups excluding carboxylic acids is 2. The van der Waals surface area contributed by atoms with E-state index in [0.29, 0.717) is 11.3 Å². The van der Waals surface area contributed by atoms with Gasteiger partial charge >= 0.3 is 5.97 Å². The van der Waals surface area contributed by atoms with Gasteiger partial charge in [0.2, 0.25) is 0 Å². The molecule has 0 unspecified atom stereocenters. The van der Waals surface area contributed by atoms with Crippen molar-refractivity contribution in [2.24, 2.45) is 0 Å². The van der Waals surface area contributed by atoms with E-state index < -0.39 is 11.9 Å². The molecular weight excluding hydrogens is 356 g/mol. The second kappa shape index (κ2) is 8.18. The van der Waals surface area contributed by atoms with Gasteiger partial charge in [0.15, 0.2) is 0 Å². The number of benzene rings is 3. The summed E-state index contributed by atoms with van der Waals surface area (Å²) in [6, 6.07) is 21.7. The third-order valence-electron chi connectivity index (χ3n) is 4.24. The quantitative estimate of drug-likeness (QED) is 0.709. The van der Waals surface area contributed by atoms with E-state index in [-0.39, 0.29) is 17.0 Å². The zero-order chi connectivity index (χ0) is 20.1. The lowest BCUT2D eigenvalue weighted by Crippen LogP contribution is -2.26. The molecule has 2 N–H and O–H groups in total. The van der Waals surface area contributed by atoms with Gasteiger partial charge < -0.3 is 15.3 Å². The maximum Gasteiger partial charge on any atom is 0.336 e. The standard InChI is InChI=1S/C22H18N2O4/c1-24(17-7-3-2-4-8-17)21(26)15-11-13-16(14-12-15)23-20(25)18-9-5-6-10-19(18)22(27)28/h2-14H,1H3,(H,23,25)(H,27,28). The Bertz CT molecular complexity index is 1010. The number of rotatable bonds is 5. The number of carbonyl (C=O) groups is 3. The number of hydrogen-bond donors (Lipinski definition) is 2. The highest BCUT2D eigenvalue weighted by molar-refractivity contribution is 6.11. The Morgan fingerprint density at radius 2 is 1.36 bits per heavy atom. The molecule has 0 saturated heterocycles. The first kappa shape index (κ1) is 18.8. The van der Waals surface area contributed by atoms with Crippen molar-refractivity contribution in [1.29, 1.82) is 0 Å². The van der Waals surface area contributed by atoms with E-state index in [9.17, 15) is 19.5 Å². The highest BCUT2D eigenvalue weighted by Crippen LogP contribution is 2.18. The summed E-state index contributed by atoms with van der Waals surface area (Å²) in [7, 11) is 1.69. The largest absolute Gasteiger partial charge is 0.478 e. The van der Waals surface area contributed by atoms with Crippen LogP contribution >= 0.6 is 0 Å². The molecule has 6 nitrogen and oxygen atoms in total. The van der Waals surface area contributed by atoms with Crippen LogP contribution in [0.15, 0.2) is 78.9 Å². The van der Waals surface area contributed by atoms with Crippen LogP contribution in [-0.2, 0) is 0 Å². The van der Waals surface area contributed by atoms with Gasteiger partial charge in [0.25, 0.3) is 11.8 Å². The summed E-state index contributed by atoms with van der Waals surface area (Å²) in [5, 5.41) is 11.9. The van der Waals surface area contributed by atoms with Crippen molar-refractivity contribution in [2.75, 3.05) is 17.3 Å². The number of amides is 2. The average molecular weight is 374 g/mol. The summed E-state index contributed by atoms with van der Waals surface area (Å²) < 4.78 is 0. The summed E-state index contributed by atoms with van der Waals surface area (Å²) in [6.07, 6.45) is 0. The van der Waals surface area contributed by atoms with E-state index in [4.69, 9.17) is 0 Å². The zero-order valence-electron chi connectivity index (χ0n) is 15.1. The molecule has 0 fully saturated rings. The van der Waals surface area contributed by atoms with E-state index in [1.807, 2.05) is 30.3 Å². The number of anilines is 2. The molecule has 2 amide bonds. The van der Waals surface area contributed by atoms with Crippen LogP contribution in [0.25, 0.3) is 0 Å². The first-order chi connectivity index (χ1) is 13.5. The zero-order valence-corrected chi connectivity index (χ0v) is 15.1. The first-order valence-electron chi connectivity index (χ1n) is 8.54. The molecule has 0 radical (unpaired) electrons. The van der Waals surface area contributed by atoms with Crippen molar-refractivity contribution in [1.82, 2.24) is 0 Å². The lowest BCUT2D eigenvalue weighted by molar-refractivity contribution is 0.0692. The third-order valence-corrected chi connectivity index (χ3v) is 4.24. The molecule has 6 heteroatoms. The van der Waals surface area contributed by atoms with Gasteiger partial charge in [-0.1, -0.05) is 30.3 Å². The molecule has 0 aliphatic rings. The van der Waals surface area contributed by atoms with Gasteiger partial charge in [-0.05, 0) is 48.5 Å². The van der Waals surface area contributed by atoms with Crippen molar-refractivity contribution in [3.8, 4) is 0 Å². The summed E-state index contributed by atoms with van der Waals surface area (Å²) in [5.74, 6) is -1.88. The Kier molecular flexibility index (Phi) is 5.50. The molecule has 3 aromatic carbocycles. The first-order valence-corrected chi connectivity index (χ1v) is 8.54. The van der Waals surface area contributed by atoms with Gasteiger partial charge in [-0.3, -0.25) is 9.59 Å². The van der Waals surface area contributed by atoms with Crippen LogP contribution in [0.4, 0.5) is 11.4 Å². The number of carboxylic acids is 1. The summed E-state index contributed by atoms with van der Waals surface area (Å²) in [6.45, 7) is 0. The minimum absolute atomic E-state index is 0.0685. The minimum Gasteiger partial charge on any atom is -0.478 e. The summed E-state index contributed by atoms with van der Waals surface area (Å²) in [4.78, 5) is 37.8. The van der Waals surface area contributed by atoms with Crippen LogP contribution in [0.3, 0.4) is 0 Å². The SMILES string of the molecule is CN(C(=O)c1ccc(NC(=O)c2ccccc2C(=O)O)cc1)c1ccccc1. The number of nitrogens with one attached hydrogen (secondary N) is 1. The Morgan fingerprint density at radius 1 is 0.786 bits per heavy atom. The van der Waals surface area contributed by atoms with Gasteiger partial charge in [0.1, 0.15) is 0 Å². The molecule has 0 aromatic heterocycles. The third kappa shape index (κ3) is 4.07. The van der Waals surface area contributed by atoms with Gasteiger partial charge in [-0.15, -0.1) is 0 Å². The second-order valence-electron chi connectivity index (χ2n) is 6.08. The van der Waals surface area contributed by atoms with Crippen LogP contribution in [0.1, 0.15) is 31.1 Å². The normalized spacial score (nSPS) is 10.2. The van der Waals surface area contributed by atoms with Gasteiger partial charge in [0.05, 0.1) is 11.1 Å². The fraction of sp³-hybridized carbons (Fsp3) is 0.0455. The number of aromatic carboxylic acids is 1. The molecule has 28 heavy (non-hydrogen) atoms. The molecule has 0 aliphatic carbocycles. The molecule has 0 aliphatic heterocycles. The highest BCUT2D eigenvalue weighted by Gasteiger charge is 2.17.